The van der Waals surface area contributed by atoms with Gasteiger partial charge in [-0.2, -0.15) is 5.26 Å². The number of thioether (sulfide) groups is 1. The van der Waals surface area contributed by atoms with E-state index in [1.807, 2.05) is 31.2 Å². The molecule has 1 aromatic heterocycles. The fourth-order valence-corrected chi connectivity index (χ4v) is 1.93. The summed E-state index contributed by atoms with van der Waals surface area (Å²) in [6.45, 7) is 3.78. The van der Waals surface area contributed by atoms with Gasteiger partial charge in [-0.05, 0) is 37.2 Å². The van der Waals surface area contributed by atoms with Crippen LogP contribution in [0, 0.1) is 18.3 Å². The van der Waals surface area contributed by atoms with Crippen LogP contribution in [-0.2, 0) is 0 Å². The van der Waals surface area contributed by atoms with E-state index in [2.05, 4.69) is 16.3 Å². The lowest BCUT2D eigenvalue weighted by molar-refractivity contribution is 0.465. The molecular weight excluding hydrogens is 234 g/mol. The first-order valence-electron chi connectivity index (χ1n) is 5.16. The number of rotatable bonds is 3. The number of aryl methyl sites for hydroxylation is 1. The fraction of sp³-hybridized carbons (Fsp3) is 0.250. The van der Waals surface area contributed by atoms with Gasteiger partial charge in [-0.25, -0.2) is 0 Å². The molecule has 1 atom stereocenters. The zero-order valence-electron chi connectivity index (χ0n) is 9.54. The van der Waals surface area contributed by atoms with Crippen molar-refractivity contribution in [1.29, 1.82) is 5.26 Å². The number of hydrogen-bond donors (Lipinski definition) is 0. The van der Waals surface area contributed by atoms with Crippen molar-refractivity contribution in [3.63, 3.8) is 0 Å². The quantitative estimate of drug-likeness (QED) is 0.778. The SMILES string of the molecule is Cc1ccccc1-c1nnc(S[C@@H](C)C#N)o1. The molecule has 0 aliphatic rings. The van der Waals surface area contributed by atoms with Crippen molar-refractivity contribution in [2.75, 3.05) is 0 Å². The van der Waals surface area contributed by atoms with Crippen LogP contribution < -0.4 is 0 Å². The van der Waals surface area contributed by atoms with Crippen LogP contribution in [0.4, 0.5) is 0 Å². The molecule has 2 aromatic rings. The standard InChI is InChI=1S/C12H11N3OS/c1-8-5-3-4-6-10(8)11-14-15-12(16-11)17-9(2)7-13/h3-6,9H,1-2H3/t9-/m0/s1. The Kier molecular flexibility index (Phi) is 3.45. The van der Waals surface area contributed by atoms with Gasteiger partial charge in [0.25, 0.3) is 5.22 Å². The first-order valence-corrected chi connectivity index (χ1v) is 6.04. The van der Waals surface area contributed by atoms with Gasteiger partial charge in [-0.3, -0.25) is 0 Å². The molecule has 0 radical (unpaired) electrons. The summed E-state index contributed by atoms with van der Waals surface area (Å²) in [6, 6.07) is 9.92. The van der Waals surface area contributed by atoms with E-state index in [1.165, 1.54) is 11.8 Å². The van der Waals surface area contributed by atoms with Gasteiger partial charge in [0.15, 0.2) is 0 Å². The molecule has 1 heterocycles. The summed E-state index contributed by atoms with van der Waals surface area (Å²) >= 11 is 1.26. The Morgan fingerprint density at radius 1 is 1.35 bits per heavy atom. The predicted molar refractivity (Wildman–Crippen MR) is 65.4 cm³/mol. The zero-order valence-corrected chi connectivity index (χ0v) is 10.4. The lowest BCUT2D eigenvalue weighted by Gasteiger charge is -1.98. The van der Waals surface area contributed by atoms with E-state index in [0.29, 0.717) is 11.1 Å². The number of benzene rings is 1. The molecule has 0 saturated carbocycles. The largest absolute Gasteiger partial charge is 0.411 e. The van der Waals surface area contributed by atoms with Crippen LogP contribution in [0.2, 0.25) is 0 Å². The van der Waals surface area contributed by atoms with Gasteiger partial charge in [0.2, 0.25) is 5.89 Å². The minimum Gasteiger partial charge on any atom is -0.411 e. The highest BCUT2D eigenvalue weighted by molar-refractivity contribution is 7.99. The Balaban J connectivity index is 2.25. The molecule has 4 nitrogen and oxygen atoms in total. The lowest BCUT2D eigenvalue weighted by Crippen LogP contribution is -1.88. The second-order valence-corrected chi connectivity index (χ2v) is 4.87. The highest BCUT2D eigenvalue weighted by atomic mass is 32.2. The highest BCUT2D eigenvalue weighted by Gasteiger charge is 2.13. The van der Waals surface area contributed by atoms with Crippen LogP contribution in [0.3, 0.4) is 0 Å². The van der Waals surface area contributed by atoms with Gasteiger partial charge in [0, 0.05) is 5.56 Å². The summed E-state index contributed by atoms with van der Waals surface area (Å²) < 4.78 is 5.51. The number of hydrogen-bond acceptors (Lipinski definition) is 5. The van der Waals surface area contributed by atoms with Crippen molar-refractivity contribution in [1.82, 2.24) is 10.2 Å². The van der Waals surface area contributed by atoms with Crippen LogP contribution in [0.1, 0.15) is 12.5 Å². The van der Waals surface area contributed by atoms with Crippen molar-refractivity contribution in [2.24, 2.45) is 0 Å². The second kappa shape index (κ2) is 5.02. The predicted octanol–water partition coefficient (Wildman–Crippen LogP) is 3.05. The van der Waals surface area contributed by atoms with Gasteiger partial charge in [0.1, 0.15) is 0 Å². The molecule has 0 amide bonds. The third-order valence-corrected chi connectivity index (χ3v) is 3.07. The smallest absolute Gasteiger partial charge is 0.278 e. The maximum absolute atomic E-state index is 8.70. The Bertz CT molecular complexity index is 559. The summed E-state index contributed by atoms with van der Waals surface area (Å²) in [5, 5.41) is 16.8. The Morgan fingerprint density at radius 2 is 2.12 bits per heavy atom. The third-order valence-electron chi connectivity index (χ3n) is 2.24. The van der Waals surface area contributed by atoms with Crippen LogP contribution in [-0.4, -0.2) is 15.4 Å². The first kappa shape index (κ1) is 11.7. The Morgan fingerprint density at radius 3 is 2.82 bits per heavy atom. The zero-order chi connectivity index (χ0) is 12.3. The molecule has 0 spiro atoms. The summed E-state index contributed by atoms with van der Waals surface area (Å²) in [4.78, 5) is 0. The minimum atomic E-state index is -0.194. The number of aromatic nitrogens is 2. The molecule has 0 saturated heterocycles. The van der Waals surface area contributed by atoms with Gasteiger partial charge < -0.3 is 4.42 Å². The minimum absolute atomic E-state index is 0.194. The Hall–Kier alpha value is -1.80. The van der Waals surface area contributed by atoms with E-state index in [0.717, 1.165) is 11.1 Å². The summed E-state index contributed by atoms with van der Waals surface area (Å²) in [5.41, 5.74) is 2.01. The molecule has 5 heteroatoms. The molecule has 0 bridgehead atoms. The van der Waals surface area contributed by atoms with E-state index in [4.69, 9.17) is 9.68 Å². The van der Waals surface area contributed by atoms with Crippen LogP contribution in [0.5, 0.6) is 0 Å². The highest BCUT2D eigenvalue weighted by Crippen LogP contribution is 2.27. The van der Waals surface area contributed by atoms with Crippen LogP contribution in [0.15, 0.2) is 33.9 Å². The average molecular weight is 245 g/mol. The maximum Gasteiger partial charge on any atom is 0.278 e. The molecular formula is C12H11N3OS. The van der Waals surface area contributed by atoms with Crippen molar-refractivity contribution < 1.29 is 4.42 Å². The number of nitriles is 1. The summed E-state index contributed by atoms with van der Waals surface area (Å²) in [6.07, 6.45) is 0. The van der Waals surface area contributed by atoms with Crippen molar-refractivity contribution in [3.8, 4) is 17.5 Å². The van der Waals surface area contributed by atoms with E-state index in [1.54, 1.807) is 6.92 Å². The average Bonchev–Trinajstić information content (AvgIpc) is 2.78. The molecule has 1 aromatic carbocycles. The van der Waals surface area contributed by atoms with E-state index in [-0.39, 0.29) is 5.25 Å². The van der Waals surface area contributed by atoms with Gasteiger partial charge in [-0.1, -0.05) is 18.2 Å². The molecule has 86 valence electrons. The van der Waals surface area contributed by atoms with Crippen molar-refractivity contribution in [2.45, 2.75) is 24.3 Å². The van der Waals surface area contributed by atoms with Crippen LogP contribution >= 0.6 is 11.8 Å². The molecule has 17 heavy (non-hydrogen) atoms. The summed E-state index contributed by atoms with van der Waals surface area (Å²) in [5.74, 6) is 0.496. The molecule has 0 N–H and O–H groups in total. The topological polar surface area (TPSA) is 62.7 Å². The lowest BCUT2D eigenvalue weighted by atomic mass is 10.1. The Labute approximate surface area is 104 Å². The molecule has 2 rings (SSSR count). The van der Waals surface area contributed by atoms with Gasteiger partial charge >= 0.3 is 0 Å². The van der Waals surface area contributed by atoms with Gasteiger partial charge in [0.05, 0.1) is 11.3 Å². The second-order valence-electron chi connectivity index (χ2n) is 3.58. The normalized spacial score (nSPS) is 12.1. The van der Waals surface area contributed by atoms with Gasteiger partial charge in [-0.15, -0.1) is 10.2 Å². The van der Waals surface area contributed by atoms with Crippen LogP contribution in [0.25, 0.3) is 11.5 Å². The van der Waals surface area contributed by atoms with Crippen molar-refractivity contribution in [3.05, 3.63) is 29.8 Å². The number of nitrogens with zero attached hydrogens (tertiary/aromatic N) is 3. The molecule has 0 aliphatic heterocycles. The van der Waals surface area contributed by atoms with E-state index >= 15 is 0 Å². The molecule has 0 unspecified atom stereocenters. The fourth-order valence-electron chi connectivity index (χ4n) is 1.36. The molecule has 0 fully saturated rings. The van der Waals surface area contributed by atoms with E-state index in [9.17, 15) is 0 Å². The summed E-state index contributed by atoms with van der Waals surface area (Å²) in [7, 11) is 0. The van der Waals surface area contributed by atoms with E-state index < -0.39 is 0 Å². The monoisotopic (exact) mass is 245 g/mol. The molecule has 0 aliphatic carbocycles. The van der Waals surface area contributed by atoms with Crippen molar-refractivity contribution >= 4 is 11.8 Å². The third kappa shape index (κ3) is 2.66. The maximum atomic E-state index is 8.70. The first-order chi connectivity index (χ1) is 8.20.